The Bertz CT molecular complexity index is 454. The summed E-state index contributed by atoms with van der Waals surface area (Å²) in [6.45, 7) is 3.99. The van der Waals surface area contributed by atoms with Gasteiger partial charge in [-0.15, -0.1) is 21.5 Å². The molecule has 4 nitrogen and oxygen atoms in total. The van der Waals surface area contributed by atoms with E-state index in [2.05, 4.69) is 38.0 Å². The van der Waals surface area contributed by atoms with E-state index in [0.717, 1.165) is 17.0 Å². The molecule has 0 aromatic carbocycles. The van der Waals surface area contributed by atoms with Crippen LogP contribution in [-0.4, -0.2) is 15.2 Å². The topological polar surface area (TPSA) is 51.8 Å². The first-order valence-electron chi connectivity index (χ1n) is 4.60. The number of halogens is 1. The lowest BCUT2D eigenvalue weighted by Gasteiger charge is -1.97. The molecule has 0 N–H and O–H groups in total. The summed E-state index contributed by atoms with van der Waals surface area (Å²) in [6.07, 6.45) is 0.920. The summed E-state index contributed by atoms with van der Waals surface area (Å²) >= 11 is 4.98. The SMILES string of the molecule is CCC(Br)c1nnc(-c2scnc2C)o1. The molecule has 0 saturated heterocycles. The zero-order chi connectivity index (χ0) is 10.8. The van der Waals surface area contributed by atoms with Crippen LogP contribution in [0.15, 0.2) is 9.93 Å². The molecule has 0 fully saturated rings. The highest BCUT2D eigenvalue weighted by Crippen LogP contribution is 2.30. The van der Waals surface area contributed by atoms with Crippen LogP contribution in [0.1, 0.15) is 29.8 Å². The van der Waals surface area contributed by atoms with E-state index in [1.807, 2.05) is 6.92 Å². The molecule has 15 heavy (non-hydrogen) atoms. The van der Waals surface area contributed by atoms with E-state index in [4.69, 9.17) is 4.42 Å². The van der Waals surface area contributed by atoms with Crippen LogP contribution in [0, 0.1) is 6.92 Å². The van der Waals surface area contributed by atoms with E-state index in [1.54, 1.807) is 5.51 Å². The van der Waals surface area contributed by atoms with Gasteiger partial charge in [-0.05, 0) is 13.3 Å². The maximum atomic E-state index is 5.56. The van der Waals surface area contributed by atoms with Gasteiger partial charge in [0, 0.05) is 0 Å². The zero-order valence-corrected chi connectivity index (χ0v) is 10.8. The normalized spacial score (nSPS) is 13.0. The van der Waals surface area contributed by atoms with Gasteiger partial charge in [-0.3, -0.25) is 0 Å². The average Bonchev–Trinajstić information content (AvgIpc) is 2.84. The van der Waals surface area contributed by atoms with E-state index < -0.39 is 0 Å². The lowest BCUT2D eigenvalue weighted by atomic mass is 10.3. The van der Waals surface area contributed by atoms with Crippen molar-refractivity contribution in [3.8, 4) is 10.8 Å². The van der Waals surface area contributed by atoms with Crippen LogP contribution in [0.4, 0.5) is 0 Å². The fourth-order valence-corrected chi connectivity index (χ4v) is 2.04. The summed E-state index contributed by atoms with van der Waals surface area (Å²) in [6, 6.07) is 0. The van der Waals surface area contributed by atoms with Gasteiger partial charge in [-0.25, -0.2) is 4.98 Å². The van der Waals surface area contributed by atoms with Gasteiger partial charge in [0.25, 0.3) is 5.89 Å². The predicted octanol–water partition coefficient (Wildman–Crippen LogP) is 3.35. The van der Waals surface area contributed by atoms with Gasteiger partial charge < -0.3 is 4.42 Å². The van der Waals surface area contributed by atoms with Crippen molar-refractivity contribution in [3.05, 3.63) is 17.1 Å². The predicted molar refractivity (Wildman–Crippen MR) is 62.1 cm³/mol. The van der Waals surface area contributed by atoms with E-state index in [1.165, 1.54) is 11.3 Å². The molecule has 0 bridgehead atoms. The minimum atomic E-state index is 0.131. The van der Waals surface area contributed by atoms with Gasteiger partial charge in [-0.1, -0.05) is 22.9 Å². The lowest BCUT2D eigenvalue weighted by molar-refractivity contribution is 0.501. The largest absolute Gasteiger partial charge is 0.419 e. The van der Waals surface area contributed by atoms with Gasteiger partial charge in [0.2, 0.25) is 5.89 Å². The summed E-state index contributed by atoms with van der Waals surface area (Å²) < 4.78 is 5.56. The third kappa shape index (κ3) is 2.10. The molecule has 0 saturated carbocycles. The average molecular weight is 288 g/mol. The lowest BCUT2D eigenvalue weighted by Crippen LogP contribution is -1.86. The van der Waals surface area contributed by atoms with Crippen LogP contribution in [0.2, 0.25) is 0 Å². The first-order chi connectivity index (χ1) is 7.22. The van der Waals surface area contributed by atoms with E-state index in [9.17, 15) is 0 Å². The Hall–Kier alpha value is -0.750. The number of rotatable bonds is 3. The molecule has 1 unspecified atom stereocenters. The second-order valence-corrected chi connectivity index (χ2v) is 5.05. The van der Waals surface area contributed by atoms with Gasteiger partial charge in [-0.2, -0.15) is 0 Å². The third-order valence-electron chi connectivity index (χ3n) is 2.01. The minimum absolute atomic E-state index is 0.131. The number of alkyl halides is 1. The molecule has 0 spiro atoms. The molecule has 2 aromatic rings. The third-order valence-corrected chi connectivity index (χ3v) is 3.96. The summed E-state index contributed by atoms with van der Waals surface area (Å²) in [5.41, 5.74) is 2.71. The standard InChI is InChI=1S/C9H10BrN3OS/c1-3-6(10)8-12-13-9(14-8)7-5(2)11-4-15-7/h4,6H,3H2,1-2H3. The number of nitrogens with zero attached hydrogens (tertiary/aromatic N) is 3. The molecule has 80 valence electrons. The zero-order valence-electron chi connectivity index (χ0n) is 8.40. The van der Waals surface area contributed by atoms with Gasteiger partial charge in [0.05, 0.1) is 16.0 Å². The molecule has 0 aliphatic carbocycles. The molecule has 2 rings (SSSR count). The second-order valence-electron chi connectivity index (χ2n) is 3.09. The Morgan fingerprint density at radius 1 is 1.53 bits per heavy atom. The molecule has 6 heteroatoms. The van der Waals surface area contributed by atoms with Crippen LogP contribution in [0.25, 0.3) is 10.8 Å². The Morgan fingerprint density at radius 2 is 2.33 bits per heavy atom. The molecule has 0 aliphatic heterocycles. The van der Waals surface area contributed by atoms with E-state index in [-0.39, 0.29) is 4.83 Å². The van der Waals surface area contributed by atoms with Crippen molar-refractivity contribution in [2.75, 3.05) is 0 Å². The number of aryl methyl sites for hydroxylation is 1. The first-order valence-corrected chi connectivity index (χ1v) is 6.39. The highest BCUT2D eigenvalue weighted by atomic mass is 79.9. The molecular formula is C9H10BrN3OS. The number of thiazole rings is 1. The van der Waals surface area contributed by atoms with Crippen LogP contribution in [0.3, 0.4) is 0 Å². The minimum Gasteiger partial charge on any atom is -0.419 e. The summed E-state index contributed by atoms with van der Waals surface area (Å²) in [5.74, 6) is 1.18. The van der Waals surface area contributed by atoms with Crippen molar-refractivity contribution in [1.29, 1.82) is 0 Å². The van der Waals surface area contributed by atoms with Crippen molar-refractivity contribution in [1.82, 2.24) is 15.2 Å². The van der Waals surface area contributed by atoms with Crippen LogP contribution in [0.5, 0.6) is 0 Å². The van der Waals surface area contributed by atoms with Gasteiger partial charge in [0.15, 0.2) is 0 Å². The fraction of sp³-hybridized carbons (Fsp3) is 0.444. The highest BCUT2D eigenvalue weighted by Gasteiger charge is 2.16. The Kier molecular flexibility index (Phi) is 3.16. The molecule has 0 aliphatic rings. The summed E-state index contributed by atoms with van der Waals surface area (Å²) in [4.78, 5) is 5.23. The molecule has 2 heterocycles. The van der Waals surface area contributed by atoms with Crippen molar-refractivity contribution >= 4 is 27.3 Å². The smallest absolute Gasteiger partial charge is 0.259 e. The molecule has 0 radical (unpaired) electrons. The van der Waals surface area contributed by atoms with Crippen molar-refractivity contribution < 1.29 is 4.42 Å². The Labute approximate surface area is 99.9 Å². The molecule has 1 atom stereocenters. The Balaban J connectivity index is 2.32. The summed E-state index contributed by atoms with van der Waals surface area (Å²) in [5, 5.41) is 8.01. The quantitative estimate of drug-likeness (QED) is 0.813. The second kappa shape index (κ2) is 4.40. The monoisotopic (exact) mass is 287 g/mol. The number of hydrogen-bond donors (Lipinski definition) is 0. The van der Waals surface area contributed by atoms with E-state index in [0.29, 0.717) is 11.8 Å². The van der Waals surface area contributed by atoms with Crippen LogP contribution in [-0.2, 0) is 0 Å². The Morgan fingerprint density at radius 3 is 2.93 bits per heavy atom. The molecule has 2 aromatic heterocycles. The van der Waals surface area contributed by atoms with Gasteiger partial charge >= 0.3 is 0 Å². The number of aromatic nitrogens is 3. The highest BCUT2D eigenvalue weighted by molar-refractivity contribution is 9.09. The van der Waals surface area contributed by atoms with Crippen molar-refractivity contribution in [2.24, 2.45) is 0 Å². The van der Waals surface area contributed by atoms with Crippen LogP contribution >= 0.6 is 27.3 Å². The molecule has 0 amide bonds. The number of hydrogen-bond acceptors (Lipinski definition) is 5. The maximum Gasteiger partial charge on any atom is 0.259 e. The first kappa shape index (κ1) is 10.8. The van der Waals surface area contributed by atoms with Crippen molar-refractivity contribution in [2.45, 2.75) is 25.1 Å². The fourth-order valence-electron chi connectivity index (χ4n) is 1.13. The van der Waals surface area contributed by atoms with Crippen LogP contribution < -0.4 is 0 Å². The maximum absolute atomic E-state index is 5.56. The summed E-state index contributed by atoms with van der Waals surface area (Å²) in [7, 11) is 0. The van der Waals surface area contributed by atoms with Crippen molar-refractivity contribution in [3.63, 3.8) is 0 Å². The van der Waals surface area contributed by atoms with Gasteiger partial charge in [0.1, 0.15) is 4.88 Å². The van der Waals surface area contributed by atoms with E-state index >= 15 is 0 Å². The molecular weight excluding hydrogens is 278 g/mol.